The minimum atomic E-state index is -0.114. The summed E-state index contributed by atoms with van der Waals surface area (Å²) in [6.45, 7) is 1.46. The van der Waals surface area contributed by atoms with Crippen molar-refractivity contribution in [3.8, 4) is 11.5 Å². The van der Waals surface area contributed by atoms with Gasteiger partial charge in [-0.3, -0.25) is 4.79 Å². The highest BCUT2D eigenvalue weighted by Crippen LogP contribution is 2.36. The molecule has 1 aromatic rings. The van der Waals surface area contributed by atoms with E-state index in [2.05, 4.69) is 0 Å². The first-order valence-corrected chi connectivity index (χ1v) is 7.52. The molecule has 5 nitrogen and oxygen atoms in total. The molecule has 1 aliphatic carbocycles. The summed E-state index contributed by atoms with van der Waals surface area (Å²) in [4.78, 5) is 14.4. The Hall–Kier alpha value is -1.75. The molecule has 5 heteroatoms. The van der Waals surface area contributed by atoms with Gasteiger partial charge in [0.2, 0.25) is 0 Å². The van der Waals surface area contributed by atoms with Gasteiger partial charge < -0.3 is 20.5 Å². The van der Waals surface area contributed by atoms with Gasteiger partial charge in [0, 0.05) is 25.2 Å². The van der Waals surface area contributed by atoms with Crippen molar-refractivity contribution < 1.29 is 14.6 Å². The molecule has 3 atom stereocenters. The molecule has 0 bridgehead atoms. The predicted molar refractivity (Wildman–Crippen MR) is 79.4 cm³/mol. The van der Waals surface area contributed by atoms with Crippen LogP contribution in [0, 0.1) is 11.8 Å². The molecule has 1 heterocycles. The van der Waals surface area contributed by atoms with Gasteiger partial charge in [-0.1, -0.05) is 6.42 Å². The Morgan fingerprint density at radius 2 is 2.19 bits per heavy atom. The molecule has 114 valence electrons. The van der Waals surface area contributed by atoms with Gasteiger partial charge in [-0.25, -0.2) is 0 Å². The molecule has 1 aromatic carbocycles. The number of aromatic hydroxyl groups is 1. The number of carbonyl (C=O) groups excluding carboxylic acids is 1. The van der Waals surface area contributed by atoms with Crippen LogP contribution in [-0.4, -0.2) is 42.2 Å². The van der Waals surface area contributed by atoms with Gasteiger partial charge in [-0.05, 0) is 36.8 Å². The third kappa shape index (κ3) is 2.58. The number of carbonyl (C=O) groups is 1. The normalized spacial score (nSPS) is 28.3. The number of likely N-dealkylation sites (tertiary alicyclic amines) is 1. The van der Waals surface area contributed by atoms with E-state index < -0.39 is 0 Å². The fourth-order valence-electron chi connectivity index (χ4n) is 3.67. The number of phenolic OH excluding ortho intramolecular Hbond substituents is 1. The highest BCUT2D eigenvalue weighted by Gasteiger charge is 2.40. The second kappa shape index (κ2) is 5.56. The molecular formula is C16H22N2O3. The lowest BCUT2D eigenvalue weighted by molar-refractivity contribution is 0.0780. The van der Waals surface area contributed by atoms with Crippen LogP contribution in [0.25, 0.3) is 0 Å². The Kier molecular flexibility index (Phi) is 3.76. The lowest BCUT2D eigenvalue weighted by Crippen LogP contribution is -2.38. The number of hydrogen-bond donors (Lipinski definition) is 2. The zero-order valence-corrected chi connectivity index (χ0v) is 12.3. The topological polar surface area (TPSA) is 75.8 Å². The number of hydrogen-bond acceptors (Lipinski definition) is 4. The van der Waals surface area contributed by atoms with Gasteiger partial charge in [0.1, 0.15) is 11.5 Å². The third-order valence-corrected chi connectivity index (χ3v) is 4.88. The molecule has 3 rings (SSSR count). The molecule has 0 spiro atoms. The minimum Gasteiger partial charge on any atom is -0.507 e. The maximum Gasteiger partial charge on any atom is 0.257 e. The van der Waals surface area contributed by atoms with Crippen LogP contribution in [0.4, 0.5) is 0 Å². The molecule has 3 unspecified atom stereocenters. The Bertz CT molecular complexity index is 546. The number of rotatable bonds is 2. The van der Waals surface area contributed by atoms with Crippen molar-refractivity contribution in [1.82, 2.24) is 4.90 Å². The molecule has 2 aliphatic rings. The van der Waals surface area contributed by atoms with Crippen LogP contribution >= 0.6 is 0 Å². The van der Waals surface area contributed by atoms with Gasteiger partial charge >= 0.3 is 0 Å². The summed E-state index contributed by atoms with van der Waals surface area (Å²) in [5.74, 6) is 1.32. The summed E-state index contributed by atoms with van der Waals surface area (Å²) in [6, 6.07) is 4.99. The quantitative estimate of drug-likeness (QED) is 0.867. The largest absolute Gasteiger partial charge is 0.507 e. The van der Waals surface area contributed by atoms with E-state index in [1.165, 1.54) is 13.2 Å². The molecule has 1 amide bonds. The maximum absolute atomic E-state index is 12.6. The average Bonchev–Trinajstić information content (AvgIpc) is 2.92. The number of benzene rings is 1. The Balaban J connectivity index is 1.77. The van der Waals surface area contributed by atoms with Crippen molar-refractivity contribution in [1.29, 1.82) is 0 Å². The van der Waals surface area contributed by atoms with Crippen LogP contribution in [-0.2, 0) is 0 Å². The standard InChI is InChI=1S/C16H22N2O3/c1-21-11-5-6-12(15(19)7-11)16(20)18-8-10-3-2-4-14(17)13(10)9-18/h5-7,10,13-14,19H,2-4,8-9,17H2,1H3. The maximum atomic E-state index is 12.6. The fraction of sp³-hybridized carbons (Fsp3) is 0.562. The number of methoxy groups -OCH3 is 1. The summed E-state index contributed by atoms with van der Waals surface area (Å²) >= 11 is 0. The van der Waals surface area contributed by atoms with Crippen LogP contribution in [0.15, 0.2) is 18.2 Å². The first-order chi connectivity index (χ1) is 10.1. The van der Waals surface area contributed by atoms with Crippen LogP contribution in [0.2, 0.25) is 0 Å². The van der Waals surface area contributed by atoms with Crippen molar-refractivity contribution >= 4 is 5.91 Å². The van der Waals surface area contributed by atoms with Crippen molar-refractivity contribution in [3.05, 3.63) is 23.8 Å². The monoisotopic (exact) mass is 290 g/mol. The van der Waals surface area contributed by atoms with Gasteiger partial charge in [-0.15, -0.1) is 0 Å². The second-order valence-corrected chi connectivity index (χ2v) is 6.11. The molecule has 0 radical (unpaired) electrons. The second-order valence-electron chi connectivity index (χ2n) is 6.11. The van der Waals surface area contributed by atoms with E-state index >= 15 is 0 Å². The van der Waals surface area contributed by atoms with Crippen molar-refractivity contribution in [2.24, 2.45) is 17.6 Å². The lowest BCUT2D eigenvalue weighted by Gasteiger charge is -2.29. The van der Waals surface area contributed by atoms with Gasteiger partial charge in [0.25, 0.3) is 5.91 Å². The molecule has 1 saturated heterocycles. The molecular weight excluding hydrogens is 268 g/mol. The first kappa shape index (κ1) is 14.2. The van der Waals surface area contributed by atoms with Crippen LogP contribution in [0.5, 0.6) is 11.5 Å². The summed E-state index contributed by atoms with van der Waals surface area (Å²) in [5.41, 5.74) is 6.52. The predicted octanol–water partition coefficient (Wildman–Crippen LogP) is 1.60. The smallest absolute Gasteiger partial charge is 0.257 e. The van der Waals surface area contributed by atoms with Gasteiger partial charge in [0.05, 0.1) is 12.7 Å². The van der Waals surface area contributed by atoms with E-state index in [9.17, 15) is 9.90 Å². The van der Waals surface area contributed by atoms with Crippen LogP contribution in [0.3, 0.4) is 0 Å². The molecule has 1 aliphatic heterocycles. The van der Waals surface area contributed by atoms with Crippen molar-refractivity contribution in [3.63, 3.8) is 0 Å². The summed E-state index contributed by atoms with van der Waals surface area (Å²) in [7, 11) is 1.53. The van der Waals surface area contributed by atoms with E-state index in [-0.39, 0.29) is 17.7 Å². The molecule has 2 fully saturated rings. The number of nitrogens with zero attached hydrogens (tertiary/aromatic N) is 1. The van der Waals surface area contributed by atoms with Crippen molar-refractivity contribution in [2.75, 3.05) is 20.2 Å². The lowest BCUT2D eigenvalue weighted by atomic mass is 9.78. The van der Waals surface area contributed by atoms with E-state index in [0.717, 1.165) is 25.8 Å². The van der Waals surface area contributed by atoms with E-state index in [1.807, 2.05) is 4.90 Å². The zero-order valence-electron chi connectivity index (χ0n) is 12.3. The highest BCUT2D eigenvalue weighted by atomic mass is 16.5. The number of phenols is 1. The number of nitrogens with two attached hydrogens (primary N) is 1. The van der Waals surface area contributed by atoms with Crippen molar-refractivity contribution in [2.45, 2.75) is 25.3 Å². The first-order valence-electron chi connectivity index (χ1n) is 7.52. The van der Waals surface area contributed by atoms with E-state index in [4.69, 9.17) is 10.5 Å². The van der Waals surface area contributed by atoms with E-state index in [0.29, 0.717) is 29.7 Å². The van der Waals surface area contributed by atoms with Crippen LogP contribution < -0.4 is 10.5 Å². The fourth-order valence-corrected chi connectivity index (χ4v) is 3.67. The third-order valence-electron chi connectivity index (χ3n) is 4.88. The van der Waals surface area contributed by atoms with E-state index in [1.54, 1.807) is 12.1 Å². The number of amides is 1. The Morgan fingerprint density at radius 1 is 1.38 bits per heavy atom. The zero-order chi connectivity index (χ0) is 15.0. The summed E-state index contributed by atoms with van der Waals surface area (Å²) in [5, 5.41) is 10.0. The molecule has 0 aromatic heterocycles. The SMILES string of the molecule is COc1ccc(C(=O)N2CC3CCCC(N)C3C2)c(O)c1. The Labute approximate surface area is 124 Å². The molecule has 21 heavy (non-hydrogen) atoms. The van der Waals surface area contributed by atoms with Gasteiger partial charge in [0.15, 0.2) is 0 Å². The van der Waals surface area contributed by atoms with Gasteiger partial charge in [-0.2, -0.15) is 0 Å². The van der Waals surface area contributed by atoms with Crippen LogP contribution in [0.1, 0.15) is 29.6 Å². The summed E-state index contributed by atoms with van der Waals surface area (Å²) in [6.07, 6.45) is 3.35. The highest BCUT2D eigenvalue weighted by molar-refractivity contribution is 5.97. The number of ether oxygens (including phenoxy) is 1. The summed E-state index contributed by atoms with van der Waals surface area (Å²) < 4.78 is 5.05. The average molecular weight is 290 g/mol. The molecule has 3 N–H and O–H groups in total. The minimum absolute atomic E-state index is 0.0291. The number of fused-ring (bicyclic) bond motifs is 1. The Morgan fingerprint density at radius 3 is 2.86 bits per heavy atom. The molecule has 1 saturated carbocycles.